The van der Waals surface area contributed by atoms with Crippen molar-refractivity contribution in [3.63, 3.8) is 0 Å². The molecule has 1 aliphatic carbocycles. The first-order valence-corrected chi connectivity index (χ1v) is 8.07. The number of halogens is 1. The van der Waals surface area contributed by atoms with E-state index in [1.807, 2.05) is 24.3 Å². The summed E-state index contributed by atoms with van der Waals surface area (Å²) >= 11 is 3.41. The molecule has 1 aromatic carbocycles. The van der Waals surface area contributed by atoms with Crippen LogP contribution in [0.1, 0.15) is 36.0 Å². The van der Waals surface area contributed by atoms with Crippen LogP contribution in [0, 0.1) is 5.92 Å². The van der Waals surface area contributed by atoms with Crippen molar-refractivity contribution in [2.24, 2.45) is 5.92 Å². The predicted molar refractivity (Wildman–Crippen MR) is 85.7 cm³/mol. The predicted octanol–water partition coefficient (Wildman–Crippen LogP) is 3.11. The van der Waals surface area contributed by atoms with Crippen LogP contribution in [-0.2, 0) is 4.74 Å². The average molecular weight is 333 g/mol. The van der Waals surface area contributed by atoms with Gasteiger partial charge in [0.15, 0.2) is 5.78 Å². The van der Waals surface area contributed by atoms with E-state index in [1.54, 1.807) is 0 Å². The van der Waals surface area contributed by atoms with Gasteiger partial charge in [-0.3, -0.25) is 4.79 Å². The highest BCUT2D eigenvalue weighted by molar-refractivity contribution is 9.10. The van der Waals surface area contributed by atoms with E-state index in [4.69, 9.17) is 4.74 Å². The summed E-state index contributed by atoms with van der Waals surface area (Å²) in [6.45, 7) is 0.834. The third-order valence-electron chi connectivity index (χ3n) is 4.40. The van der Waals surface area contributed by atoms with Crippen molar-refractivity contribution in [3.05, 3.63) is 45.3 Å². The lowest BCUT2D eigenvalue weighted by atomic mass is 9.84. The van der Waals surface area contributed by atoms with Gasteiger partial charge in [-0.05, 0) is 43.4 Å². The van der Waals surface area contributed by atoms with Crippen molar-refractivity contribution in [2.45, 2.75) is 31.8 Å². The molecule has 1 heterocycles. The van der Waals surface area contributed by atoms with E-state index in [0.717, 1.165) is 42.3 Å². The number of carbonyl (C=O) groups is 1. The smallest absolute Gasteiger partial charge is 0.170 e. The number of rotatable bonds is 3. The average Bonchev–Trinajstić information content (AvgIpc) is 3.07. The molecule has 0 saturated carbocycles. The number of ketones is 1. The maximum atomic E-state index is 12.8. The fourth-order valence-electron chi connectivity index (χ4n) is 3.37. The molecule has 0 N–H and O–H groups in total. The van der Waals surface area contributed by atoms with Gasteiger partial charge in [0.1, 0.15) is 7.85 Å². The summed E-state index contributed by atoms with van der Waals surface area (Å²) in [7, 11) is 2.16. The second-order valence-electron chi connectivity index (χ2n) is 5.70. The summed E-state index contributed by atoms with van der Waals surface area (Å²) in [5.41, 5.74) is 3.45. The van der Waals surface area contributed by atoms with Crippen molar-refractivity contribution in [1.29, 1.82) is 0 Å². The number of benzene rings is 1. The Balaban J connectivity index is 1.85. The summed E-state index contributed by atoms with van der Waals surface area (Å²) in [6, 6.07) is 7.69. The summed E-state index contributed by atoms with van der Waals surface area (Å²) in [5.74, 6) is 0.277. The first-order chi connectivity index (χ1) is 9.66. The topological polar surface area (TPSA) is 26.3 Å². The largest absolute Gasteiger partial charge is 0.374 e. The molecule has 1 aliphatic heterocycles. The lowest BCUT2D eigenvalue weighted by Gasteiger charge is -2.20. The zero-order chi connectivity index (χ0) is 14.1. The van der Waals surface area contributed by atoms with Crippen molar-refractivity contribution < 1.29 is 9.53 Å². The van der Waals surface area contributed by atoms with E-state index in [1.165, 1.54) is 11.0 Å². The van der Waals surface area contributed by atoms with Crippen LogP contribution in [0.4, 0.5) is 0 Å². The van der Waals surface area contributed by atoms with Gasteiger partial charge in [-0.1, -0.05) is 28.1 Å². The molecule has 2 unspecified atom stereocenters. The Morgan fingerprint density at radius 2 is 2.00 bits per heavy atom. The first kappa shape index (κ1) is 14.1. The van der Waals surface area contributed by atoms with Crippen LogP contribution in [0.5, 0.6) is 0 Å². The monoisotopic (exact) mass is 332 g/mol. The Hall–Kier alpha value is -0.865. The number of Topliss-reactive ketones (excluding diaryl/α,β-unsaturated/α-hetero) is 1. The second kappa shape index (κ2) is 5.86. The molecule has 0 aromatic heterocycles. The fraction of sp³-hybridized carbons (Fsp3) is 0.438. The highest BCUT2D eigenvalue weighted by Gasteiger charge is 2.35. The van der Waals surface area contributed by atoms with Crippen LogP contribution in [0.25, 0.3) is 0 Å². The zero-order valence-corrected chi connectivity index (χ0v) is 13.3. The number of allylic oxidation sites excluding steroid dienone is 1. The molecule has 0 amide bonds. The molecule has 0 bridgehead atoms. The molecule has 2 nitrogen and oxygen atoms in total. The van der Waals surface area contributed by atoms with Crippen molar-refractivity contribution >= 4 is 29.6 Å². The van der Waals surface area contributed by atoms with Crippen LogP contribution in [-0.4, -0.2) is 26.3 Å². The Labute approximate surface area is 129 Å². The molecular weight excluding hydrogens is 315 g/mol. The van der Waals surface area contributed by atoms with Gasteiger partial charge in [0.2, 0.25) is 0 Å². The molecular formula is C16H18BBrO2. The quantitative estimate of drug-likeness (QED) is 0.628. The van der Waals surface area contributed by atoms with E-state index in [9.17, 15) is 4.79 Å². The standard InChI is InChI=1S/C16H18BBrO2/c17-13-8-7-12(15(13)14-2-1-9-20-14)16(19)10-3-5-11(18)6-4-10/h3-6,12,14H,1-2,7-9,17H2. The van der Waals surface area contributed by atoms with Crippen LogP contribution < -0.4 is 0 Å². The maximum Gasteiger partial charge on any atom is 0.170 e. The lowest BCUT2D eigenvalue weighted by Crippen LogP contribution is -2.22. The van der Waals surface area contributed by atoms with Gasteiger partial charge in [-0.25, -0.2) is 0 Å². The number of carbonyl (C=O) groups excluding carboxylic acids is 1. The van der Waals surface area contributed by atoms with Crippen LogP contribution in [0.3, 0.4) is 0 Å². The van der Waals surface area contributed by atoms with E-state index in [0.29, 0.717) is 0 Å². The fourth-order valence-corrected chi connectivity index (χ4v) is 3.63. The maximum absolute atomic E-state index is 12.8. The van der Waals surface area contributed by atoms with Gasteiger partial charge in [-0.15, -0.1) is 5.47 Å². The van der Waals surface area contributed by atoms with Crippen LogP contribution >= 0.6 is 15.9 Å². The molecule has 4 heteroatoms. The Morgan fingerprint density at radius 1 is 1.25 bits per heavy atom. The van der Waals surface area contributed by atoms with Gasteiger partial charge >= 0.3 is 0 Å². The lowest BCUT2D eigenvalue weighted by molar-refractivity contribution is 0.0894. The Bertz CT molecular complexity index is 544. The molecule has 1 aromatic rings. The Morgan fingerprint density at radius 3 is 2.65 bits per heavy atom. The number of ether oxygens (including phenoxy) is 1. The van der Waals surface area contributed by atoms with Gasteiger partial charge < -0.3 is 4.74 Å². The summed E-state index contributed by atoms with van der Waals surface area (Å²) in [6.07, 6.45) is 4.33. The van der Waals surface area contributed by atoms with Crippen molar-refractivity contribution in [1.82, 2.24) is 0 Å². The molecule has 2 aliphatic rings. The minimum absolute atomic E-state index is 0.0271. The molecule has 3 rings (SSSR count). The molecule has 104 valence electrons. The number of hydrogen-bond acceptors (Lipinski definition) is 2. The molecule has 0 radical (unpaired) electrons. The minimum atomic E-state index is 0.0271. The van der Waals surface area contributed by atoms with E-state index >= 15 is 0 Å². The SMILES string of the molecule is BC1=C(C2CCCO2)C(C(=O)c2ccc(Br)cc2)CC1. The summed E-state index contributed by atoms with van der Waals surface area (Å²) in [5, 5.41) is 0. The number of hydrogen-bond donors (Lipinski definition) is 0. The summed E-state index contributed by atoms with van der Waals surface area (Å²) < 4.78 is 6.83. The minimum Gasteiger partial charge on any atom is -0.374 e. The van der Waals surface area contributed by atoms with Crippen LogP contribution in [0.2, 0.25) is 0 Å². The second-order valence-corrected chi connectivity index (χ2v) is 6.62. The zero-order valence-electron chi connectivity index (χ0n) is 11.7. The summed E-state index contributed by atoms with van der Waals surface area (Å²) in [4.78, 5) is 12.8. The van der Waals surface area contributed by atoms with Gasteiger partial charge in [0, 0.05) is 22.6 Å². The van der Waals surface area contributed by atoms with E-state index in [-0.39, 0.29) is 17.8 Å². The van der Waals surface area contributed by atoms with E-state index in [2.05, 4.69) is 23.8 Å². The third-order valence-corrected chi connectivity index (χ3v) is 4.93. The van der Waals surface area contributed by atoms with Crippen molar-refractivity contribution in [3.8, 4) is 0 Å². The molecule has 2 atom stereocenters. The molecule has 0 spiro atoms. The first-order valence-electron chi connectivity index (χ1n) is 7.27. The van der Waals surface area contributed by atoms with E-state index < -0.39 is 0 Å². The van der Waals surface area contributed by atoms with Crippen molar-refractivity contribution in [2.75, 3.05) is 6.61 Å². The Kier molecular flexibility index (Phi) is 4.13. The van der Waals surface area contributed by atoms with Crippen LogP contribution in [0.15, 0.2) is 39.8 Å². The normalized spacial score (nSPS) is 26.2. The van der Waals surface area contributed by atoms with Gasteiger partial charge in [-0.2, -0.15) is 0 Å². The highest BCUT2D eigenvalue weighted by Crippen LogP contribution is 2.38. The third kappa shape index (κ3) is 2.64. The molecule has 1 fully saturated rings. The highest BCUT2D eigenvalue weighted by atomic mass is 79.9. The molecule has 1 saturated heterocycles. The van der Waals surface area contributed by atoms with Gasteiger partial charge in [0.05, 0.1) is 6.10 Å². The van der Waals surface area contributed by atoms with Gasteiger partial charge in [0.25, 0.3) is 0 Å². The molecule has 20 heavy (non-hydrogen) atoms.